The maximum atomic E-state index is 13.9. The van der Waals surface area contributed by atoms with Crippen molar-refractivity contribution in [2.45, 2.75) is 0 Å². The van der Waals surface area contributed by atoms with Crippen molar-refractivity contribution in [1.82, 2.24) is 0 Å². The Kier molecular flexibility index (Phi) is 4.37. The molecule has 5 nitrogen and oxygen atoms in total. The maximum absolute atomic E-state index is 13.9. The number of hydrogen-bond acceptors (Lipinski definition) is 4. The summed E-state index contributed by atoms with van der Waals surface area (Å²) >= 11 is 3.13. The van der Waals surface area contributed by atoms with Crippen LogP contribution in [0.2, 0.25) is 0 Å². The highest BCUT2D eigenvalue weighted by Gasteiger charge is 2.21. The van der Waals surface area contributed by atoms with Crippen LogP contribution in [-0.4, -0.2) is 12.0 Å². The Morgan fingerprint density at radius 2 is 1.86 bits per heavy atom. The summed E-state index contributed by atoms with van der Waals surface area (Å²) in [5.41, 5.74) is -0.527. The molecular weight excluding hydrogens is 352 g/mol. The van der Waals surface area contributed by atoms with E-state index in [0.717, 1.165) is 12.1 Å². The average Bonchev–Trinajstić information content (AvgIpc) is 2.44. The van der Waals surface area contributed by atoms with Crippen molar-refractivity contribution in [3.8, 4) is 17.2 Å². The molecular formula is C13H8BrF2NO4. The van der Waals surface area contributed by atoms with Crippen LogP contribution < -0.4 is 9.47 Å². The van der Waals surface area contributed by atoms with Crippen LogP contribution in [0.4, 0.5) is 14.5 Å². The van der Waals surface area contributed by atoms with Gasteiger partial charge in [-0.2, -0.15) is 0 Å². The molecule has 2 aromatic rings. The lowest BCUT2D eigenvalue weighted by Gasteiger charge is -2.10. The summed E-state index contributed by atoms with van der Waals surface area (Å²) in [4.78, 5) is 9.99. The Bertz CT molecular complexity index is 709. The Morgan fingerprint density at radius 3 is 2.48 bits per heavy atom. The number of benzene rings is 2. The molecule has 0 saturated heterocycles. The smallest absolute Gasteiger partial charge is 0.314 e. The SMILES string of the molecule is COc1cc(Oc2cc(F)ccc2Br)c(F)cc1[N+](=O)[O-]. The van der Waals surface area contributed by atoms with Gasteiger partial charge in [0.15, 0.2) is 11.6 Å². The van der Waals surface area contributed by atoms with E-state index < -0.39 is 22.2 Å². The minimum absolute atomic E-state index is 0.0322. The van der Waals surface area contributed by atoms with E-state index in [2.05, 4.69) is 15.9 Å². The van der Waals surface area contributed by atoms with Gasteiger partial charge in [-0.05, 0) is 28.1 Å². The van der Waals surface area contributed by atoms with Gasteiger partial charge >= 0.3 is 5.69 Å². The van der Waals surface area contributed by atoms with Gasteiger partial charge in [-0.15, -0.1) is 0 Å². The number of nitro groups is 1. The van der Waals surface area contributed by atoms with Crippen LogP contribution in [0.3, 0.4) is 0 Å². The molecule has 0 spiro atoms. The molecule has 0 bridgehead atoms. The zero-order chi connectivity index (χ0) is 15.6. The second-order valence-electron chi connectivity index (χ2n) is 3.89. The lowest BCUT2D eigenvalue weighted by Crippen LogP contribution is -1.97. The molecule has 8 heteroatoms. The van der Waals surface area contributed by atoms with Crippen molar-refractivity contribution in [3.05, 3.63) is 56.6 Å². The molecule has 110 valence electrons. The van der Waals surface area contributed by atoms with Crippen molar-refractivity contribution < 1.29 is 23.2 Å². The third-order valence-electron chi connectivity index (χ3n) is 2.54. The van der Waals surface area contributed by atoms with Gasteiger partial charge in [-0.3, -0.25) is 10.1 Å². The highest BCUT2D eigenvalue weighted by Crippen LogP contribution is 2.37. The van der Waals surface area contributed by atoms with Crippen LogP contribution in [0.5, 0.6) is 17.2 Å². The number of nitrogens with zero attached hydrogens (tertiary/aromatic N) is 1. The summed E-state index contributed by atoms with van der Waals surface area (Å²) in [6.07, 6.45) is 0. The second kappa shape index (κ2) is 6.04. The van der Waals surface area contributed by atoms with E-state index in [1.165, 1.54) is 19.2 Å². The Labute approximate surface area is 126 Å². The molecule has 0 N–H and O–H groups in total. The summed E-state index contributed by atoms with van der Waals surface area (Å²) < 4.78 is 37.5. The van der Waals surface area contributed by atoms with Gasteiger partial charge in [0.05, 0.1) is 22.6 Å². The first-order chi connectivity index (χ1) is 9.92. The van der Waals surface area contributed by atoms with E-state index in [-0.39, 0.29) is 17.2 Å². The van der Waals surface area contributed by atoms with Gasteiger partial charge in [-0.1, -0.05) is 0 Å². The molecule has 0 radical (unpaired) electrons. The lowest BCUT2D eigenvalue weighted by molar-refractivity contribution is -0.386. The van der Waals surface area contributed by atoms with Gasteiger partial charge in [0.2, 0.25) is 5.75 Å². The molecule has 0 aliphatic heterocycles. The van der Waals surface area contributed by atoms with E-state index in [4.69, 9.17) is 9.47 Å². The quantitative estimate of drug-likeness (QED) is 0.598. The Morgan fingerprint density at radius 1 is 1.14 bits per heavy atom. The molecule has 21 heavy (non-hydrogen) atoms. The fourth-order valence-corrected chi connectivity index (χ4v) is 1.91. The van der Waals surface area contributed by atoms with Crippen LogP contribution in [-0.2, 0) is 0 Å². The number of nitro benzene ring substituents is 1. The van der Waals surface area contributed by atoms with Crippen molar-refractivity contribution in [3.63, 3.8) is 0 Å². The minimum atomic E-state index is -0.960. The first-order valence-corrected chi connectivity index (χ1v) is 6.36. The van der Waals surface area contributed by atoms with Crippen LogP contribution in [0.1, 0.15) is 0 Å². The van der Waals surface area contributed by atoms with Gasteiger partial charge in [0, 0.05) is 12.1 Å². The monoisotopic (exact) mass is 359 g/mol. The summed E-state index contributed by atoms with van der Waals surface area (Å²) in [5, 5.41) is 10.8. The number of hydrogen-bond donors (Lipinski definition) is 0. The van der Waals surface area contributed by atoms with E-state index in [0.29, 0.717) is 10.5 Å². The number of rotatable bonds is 4. The molecule has 2 aromatic carbocycles. The first-order valence-electron chi connectivity index (χ1n) is 5.57. The van der Waals surface area contributed by atoms with Crippen molar-refractivity contribution in [1.29, 1.82) is 0 Å². The van der Waals surface area contributed by atoms with Gasteiger partial charge < -0.3 is 9.47 Å². The summed E-state index contributed by atoms with van der Waals surface area (Å²) in [6, 6.07) is 5.36. The fraction of sp³-hybridized carbons (Fsp3) is 0.0769. The van der Waals surface area contributed by atoms with E-state index in [1.54, 1.807) is 0 Å². The van der Waals surface area contributed by atoms with Gasteiger partial charge in [-0.25, -0.2) is 8.78 Å². The summed E-state index contributed by atoms with van der Waals surface area (Å²) in [6.45, 7) is 0. The standard InChI is InChI=1S/C13H8BrF2NO4/c1-20-13-6-12(9(16)5-10(13)17(18)19)21-11-4-7(15)2-3-8(11)14/h2-6H,1H3. The Hall–Kier alpha value is -2.22. The third-order valence-corrected chi connectivity index (χ3v) is 3.20. The summed E-state index contributed by atoms with van der Waals surface area (Å²) in [5.74, 6) is -1.97. The number of halogens is 3. The molecule has 0 aliphatic carbocycles. The van der Waals surface area contributed by atoms with Crippen molar-refractivity contribution in [2.75, 3.05) is 7.11 Å². The molecule has 0 amide bonds. The largest absolute Gasteiger partial charge is 0.490 e. The van der Waals surface area contributed by atoms with Crippen molar-refractivity contribution in [2.24, 2.45) is 0 Å². The third kappa shape index (κ3) is 3.27. The van der Waals surface area contributed by atoms with E-state index in [1.807, 2.05) is 0 Å². The van der Waals surface area contributed by atoms with E-state index >= 15 is 0 Å². The number of methoxy groups -OCH3 is 1. The highest BCUT2D eigenvalue weighted by atomic mass is 79.9. The predicted molar refractivity (Wildman–Crippen MR) is 73.8 cm³/mol. The normalized spacial score (nSPS) is 10.3. The minimum Gasteiger partial charge on any atom is -0.490 e. The highest BCUT2D eigenvalue weighted by molar-refractivity contribution is 9.10. The van der Waals surface area contributed by atoms with E-state index in [9.17, 15) is 18.9 Å². The first kappa shape index (κ1) is 15.2. The zero-order valence-corrected chi connectivity index (χ0v) is 12.2. The summed E-state index contributed by atoms with van der Waals surface area (Å²) in [7, 11) is 1.21. The average molecular weight is 360 g/mol. The fourth-order valence-electron chi connectivity index (χ4n) is 1.58. The zero-order valence-electron chi connectivity index (χ0n) is 10.6. The molecule has 0 aromatic heterocycles. The maximum Gasteiger partial charge on any atom is 0.314 e. The van der Waals surface area contributed by atoms with Crippen LogP contribution >= 0.6 is 15.9 Å². The predicted octanol–water partition coefficient (Wildman–Crippen LogP) is 4.44. The van der Waals surface area contributed by atoms with Gasteiger partial charge in [0.1, 0.15) is 11.6 Å². The molecule has 0 saturated carbocycles. The molecule has 0 unspecified atom stereocenters. The molecule has 2 rings (SSSR count). The lowest BCUT2D eigenvalue weighted by atomic mass is 10.2. The van der Waals surface area contributed by atoms with Crippen LogP contribution in [0.15, 0.2) is 34.8 Å². The topological polar surface area (TPSA) is 61.6 Å². The van der Waals surface area contributed by atoms with Crippen molar-refractivity contribution >= 4 is 21.6 Å². The van der Waals surface area contributed by atoms with Crippen LogP contribution in [0, 0.1) is 21.7 Å². The second-order valence-corrected chi connectivity index (χ2v) is 4.74. The number of ether oxygens (including phenoxy) is 2. The molecule has 0 fully saturated rings. The molecule has 0 heterocycles. The van der Waals surface area contributed by atoms with Gasteiger partial charge in [0.25, 0.3) is 0 Å². The Balaban J connectivity index is 2.45. The molecule has 0 atom stereocenters. The molecule has 0 aliphatic rings. The van der Waals surface area contributed by atoms with Crippen LogP contribution in [0.25, 0.3) is 0 Å².